The van der Waals surface area contributed by atoms with Crippen LogP contribution < -0.4 is 10.3 Å². The van der Waals surface area contributed by atoms with Crippen molar-refractivity contribution in [2.24, 2.45) is 0 Å². The molecule has 1 aliphatic rings. The van der Waals surface area contributed by atoms with Crippen molar-refractivity contribution in [2.45, 2.75) is 38.3 Å². The number of fused-ring (bicyclic) bond motifs is 1. The first-order chi connectivity index (χ1) is 14.0. The highest BCUT2D eigenvalue weighted by molar-refractivity contribution is 7.22. The normalized spacial score (nSPS) is 16.7. The zero-order chi connectivity index (χ0) is 20.4. The number of ketones is 1. The fraction of sp³-hybridized carbons (Fsp3) is 0.333. The molecule has 0 saturated heterocycles. The van der Waals surface area contributed by atoms with Crippen LogP contribution in [0.5, 0.6) is 5.75 Å². The number of carbonyl (C=O) groups is 2. The van der Waals surface area contributed by atoms with Crippen LogP contribution >= 0.6 is 11.3 Å². The molecule has 8 heteroatoms. The number of benzene rings is 1. The molecule has 1 aliphatic carbocycles. The first-order valence-electron chi connectivity index (χ1n) is 9.41. The molecule has 0 radical (unpaired) electrons. The Bertz CT molecular complexity index is 1120. The van der Waals surface area contributed by atoms with Gasteiger partial charge in [0.05, 0.1) is 19.0 Å². The van der Waals surface area contributed by atoms with E-state index in [2.05, 4.69) is 4.98 Å². The molecule has 0 spiro atoms. The predicted molar refractivity (Wildman–Crippen MR) is 109 cm³/mol. The maximum atomic E-state index is 12.8. The third-order valence-corrected chi connectivity index (χ3v) is 6.11. The van der Waals surface area contributed by atoms with E-state index >= 15 is 0 Å². The Morgan fingerprint density at radius 1 is 1.24 bits per heavy atom. The van der Waals surface area contributed by atoms with Gasteiger partial charge in [0.1, 0.15) is 17.0 Å². The average Bonchev–Trinajstić information content (AvgIpc) is 3.17. The van der Waals surface area contributed by atoms with Crippen LogP contribution in [0.4, 0.5) is 0 Å². The van der Waals surface area contributed by atoms with Crippen LogP contribution in [0.3, 0.4) is 0 Å². The first kappa shape index (κ1) is 19.3. The second kappa shape index (κ2) is 8.16. The molecule has 0 amide bonds. The van der Waals surface area contributed by atoms with Crippen molar-refractivity contribution in [1.82, 2.24) is 9.55 Å². The number of Topliss-reactive ketones (excluding diaryl/α,β-unsaturated/α-hetero) is 1. The number of hydrogen-bond donors (Lipinski definition) is 0. The van der Waals surface area contributed by atoms with Crippen LogP contribution in [0, 0.1) is 0 Å². The van der Waals surface area contributed by atoms with Crippen LogP contribution in [0.2, 0.25) is 0 Å². The van der Waals surface area contributed by atoms with Crippen LogP contribution in [0.25, 0.3) is 20.7 Å². The van der Waals surface area contributed by atoms with Gasteiger partial charge < -0.3 is 9.47 Å². The van der Waals surface area contributed by atoms with Gasteiger partial charge >= 0.3 is 5.97 Å². The summed E-state index contributed by atoms with van der Waals surface area (Å²) in [4.78, 5) is 42.1. The molecule has 1 atom stereocenters. The number of thiophene rings is 1. The molecule has 0 bridgehead atoms. The summed E-state index contributed by atoms with van der Waals surface area (Å²) < 4.78 is 12.2. The molecule has 150 valence electrons. The monoisotopic (exact) mass is 412 g/mol. The smallest absolute Gasteiger partial charge is 0.326 e. The summed E-state index contributed by atoms with van der Waals surface area (Å²) in [5, 5.41) is 0. The topological polar surface area (TPSA) is 87.5 Å². The molecule has 4 rings (SSSR count). The summed E-state index contributed by atoms with van der Waals surface area (Å²) in [5.41, 5.74) is 1.24. The highest BCUT2D eigenvalue weighted by Crippen LogP contribution is 2.31. The van der Waals surface area contributed by atoms with Crippen molar-refractivity contribution in [3.63, 3.8) is 0 Å². The molecule has 1 aromatic carbocycles. The van der Waals surface area contributed by atoms with E-state index in [1.54, 1.807) is 7.11 Å². The lowest BCUT2D eigenvalue weighted by Gasteiger charge is -2.20. The Kier molecular flexibility index (Phi) is 5.44. The molecular formula is C21H20N2O5S. The number of carbonyl (C=O) groups excluding carboxylic acids is 2. The summed E-state index contributed by atoms with van der Waals surface area (Å²) in [6.45, 7) is -0.263. The second-order valence-corrected chi connectivity index (χ2v) is 7.97. The van der Waals surface area contributed by atoms with Crippen LogP contribution in [-0.4, -0.2) is 34.5 Å². The van der Waals surface area contributed by atoms with E-state index in [9.17, 15) is 14.4 Å². The average molecular weight is 412 g/mol. The lowest BCUT2D eigenvalue weighted by molar-refractivity contribution is -0.157. The number of rotatable bonds is 5. The zero-order valence-electron chi connectivity index (χ0n) is 15.9. The number of aromatic nitrogens is 2. The van der Waals surface area contributed by atoms with Crippen molar-refractivity contribution in [3.05, 3.63) is 47.0 Å². The Balaban J connectivity index is 1.54. The minimum Gasteiger partial charge on any atom is -0.497 e. The molecular weight excluding hydrogens is 392 g/mol. The molecule has 0 N–H and O–H groups in total. The van der Waals surface area contributed by atoms with Gasteiger partial charge in [-0.15, -0.1) is 11.3 Å². The van der Waals surface area contributed by atoms with E-state index in [4.69, 9.17) is 9.47 Å². The summed E-state index contributed by atoms with van der Waals surface area (Å²) in [6.07, 6.45) is 3.34. The largest absolute Gasteiger partial charge is 0.497 e. The first-order valence-corrected chi connectivity index (χ1v) is 10.2. The maximum absolute atomic E-state index is 12.8. The molecule has 0 aliphatic heterocycles. The van der Waals surface area contributed by atoms with Crippen molar-refractivity contribution in [2.75, 3.05) is 7.11 Å². The Labute approximate surface area is 170 Å². The van der Waals surface area contributed by atoms with Crippen LogP contribution in [0.15, 0.2) is 41.5 Å². The standard InChI is InChI=1S/C21H20N2O5S/c1-27-14-8-6-13(7-9-14)18-10-15-20(29-18)21(26)23(12-22-15)11-19(25)28-17-5-3-2-4-16(17)24/h6-10,12,17H,2-5,11H2,1H3/t17-/m1/s1. The number of ether oxygens (including phenoxy) is 2. The van der Waals surface area contributed by atoms with E-state index in [1.165, 1.54) is 22.2 Å². The van der Waals surface area contributed by atoms with Gasteiger partial charge in [-0.05, 0) is 55.2 Å². The van der Waals surface area contributed by atoms with Gasteiger partial charge in [-0.1, -0.05) is 0 Å². The fourth-order valence-corrected chi connectivity index (χ4v) is 4.43. The number of hydrogen-bond acceptors (Lipinski definition) is 7. The molecule has 2 aromatic heterocycles. The SMILES string of the molecule is COc1ccc(-c2cc3ncn(CC(=O)O[C@@H]4CCCCC4=O)c(=O)c3s2)cc1. The van der Waals surface area contributed by atoms with Crippen LogP contribution in [0.1, 0.15) is 25.7 Å². The molecule has 0 unspecified atom stereocenters. The fourth-order valence-electron chi connectivity index (χ4n) is 3.37. The quantitative estimate of drug-likeness (QED) is 0.598. The van der Waals surface area contributed by atoms with Gasteiger partial charge in [0.15, 0.2) is 11.9 Å². The maximum Gasteiger partial charge on any atom is 0.326 e. The summed E-state index contributed by atoms with van der Waals surface area (Å²) in [6, 6.07) is 9.40. The molecule has 3 aromatic rings. The van der Waals surface area contributed by atoms with E-state index < -0.39 is 12.1 Å². The van der Waals surface area contributed by atoms with E-state index in [1.807, 2.05) is 30.3 Å². The van der Waals surface area contributed by atoms with Gasteiger partial charge in [0, 0.05) is 11.3 Å². The van der Waals surface area contributed by atoms with Gasteiger partial charge in [-0.25, -0.2) is 4.98 Å². The Morgan fingerprint density at radius 2 is 2.03 bits per heavy atom. The Morgan fingerprint density at radius 3 is 2.76 bits per heavy atom. The predicted octanol–water partition coefficient (Wildman–Crippen LogP) is 3.19. The van der Waals surface area contributed by atoms with Gasteiger partial charge in [0.25, 0.3) is 5.56 Å². The molecule has 29 heavy (non-hydrogen) atoms. The highest BCUT2D eigenvalue weighted by Gasteiger charge is 2.26. The molecule has 2 heterocycles. The van der Waals surface area contributed by atoms with Gasteiger partial charge in [-0.3, -0.25) is 19.0 Å². The van der Waals surface area contributed by atoms with E-state index in [0.29, 0.717) is 23.1 Å². The van der Waals surface area contributed by atoms with Gasteiger partial charge in [0.2, 0.25) is 0 Å². The number of methoxy groups -OCH3 is 1. The minimum atomic E-state index is -0.688. The lowest BCUT2D eigenvalue weighted by Crippen LogP contribution is -2.33. The van der Waals surface area contributed by atoms with Crippen molar-refractivity contribution >= 4 is 33.3 Å². The van der Waals surface area contributed by atoms with Gasteiger partial charge in [-0.2, -0.15) is 0 Å². The summed E-state index contributed by atoms with van der Waals surface area (Å²) >= 11 is 1.32. The second-order valence-electron chi connectivity index (χ2n) is 6.92. The third-order valence-electron chi connectivity index (χ3n) is 4.95. The molecule has 1 fully saturated rings. The zero-order valence-corrected chi connectivity index (χ0v) is 16.7. The molecule has 7 nitrogen and oxygen atoms in total. The highest BCUT2D eigenvalue weighted by atomic mass is 32.1. The Hall–Kier alpha value is -3.00. The van der Waals surface area contributed by atoms with Crippen molar-refractivity contribution < 1.29 is 19.1 Å². The van der Waals surface area contributed by atoms with Crippen molar-refractivity contribution in [3.8, 4) is 16.2 Å². The van der Waals surface area contributed by atoms with E-state index in [0.717, 1.165) is 29.0 Å². The summed E-state index contributed by atoms with van der Waals surface area (Å²) in [5.74, 6) is 0.110. The number of nitrogens with zero attached hydrogens (tertiary/aromatic N) is 2. The third kappa shape index (κ3) is 4.07. The molecule has 1 saturated carbocycles. The number of esters is 1. The van der Waals surface area contributed by atoms with Crippen molar-refractivity contribution in [1.29, 1.82) is 0 Å². The summed E-state index contributed by atoms with van der Waals surface area (Å²) in [7, 11) is 1.61. The van der Waals surface area contributed by atoms with Crippen LogP contribution in [-0.2, 0) is 20.9 Å². The minimum absolute atomic E-state index is 0.0482. The lowest BCUT2D eigenvalue weighted by atomic mass is 9.96. The van der Waals surface area contributed by atoms with E-state index in [-0.39, 0.29) is 17.9 Å².